The average Bonchev–Trinajstić information content (AvgIpc) is 2.83. The third kappa shape index (κ3) is 6.02. The predicted octanol–water partition coefficient (Wildman–Crippen LogP) is 4.93. The van der Waals surface area contributed by atoms with Crippen LogP contribution in [0.3, 0.4) is 0 Å². The summed E-state index contributed by atoms with van der Waals surface area (Å²) in [5, 5.41) is 1.02. The summed E-state index contributed by atoms with van der Waals surface area (Å²) in [4.78, 5) is 8.54. The molecule has 3 aromatic carbocycles. The molecule has 0 spiro atoms. The number of benzene rings is 3. The fourth-order valence-electron chi connectivity index (χ4n) is 3.48. The van der Waals surface area contributed by atoms with E-state index in [-0.39, 0.29) is 22.0 Å². The molecule has 0 saturated heterocycles. The number of hydrogen-bond acceptors (Lipinski definition) is 6. The zero-order valence-electron chi connectivity index (χ0n) is 18.6. The van der Waals surface area contributed by atoms with E-state index in [1.807, 2.05) is 0 Å². The Morgan fingerprint density at radius 3 is 2.63 bits per heavy atom. The molecule has 0 radical (unpaired) electrons. The van der Waals surface area contributed by atoms with Gasteiger partial charge in [0.2, 0.25) is 0 Å². The Morgan fingerprint density at radius 2 is 1.83 bits per heavy atom. The van der Waals surface area contributed by atoms with Gasteiger partial charge >= 0.3 is 0 Å². The number of halogens is 2. The number of nitrogens with zero attached hydrogens (tertiary/aromatic N) is 2. The standard InChI is InChI=1S/C24H21ClFN3O4S2/c1-34(30)29-11-4-12-35(31,32)18-6-2-5-16(13-18)33-17-9-10-22(26)20(14-17)23-19-7-3-8-21(25)24(19)28-15-27-23/h2-3,5-10,13-15,29H,4,11-12H2,1H3. The molecule has 0 fully saturated rings. The quantitative estimate of drug-likeness (QED) is 0.306. The van der Waals surface area contributed by atoms with Crippen molar-refractivity contribution in [3.8, 4) is 22.8 Å². The first kappa shape index (κ1) is 25.2. The lowest BCUT2D eigenvalue weighted by molar-refractivity contribution is 0.479. The van der Waals surface area contributed by atoms with Crippen molar-refractivity contribution in [2.24, 2.45) is 0 Å². The first-order valence-corrected chi connectivity index (χ1v) is 14.1. The van der Waals surface area contributed by atoms with Crippen LogP contribution in [-0.2, 0) is 20.8 Å². The van der Waals surface area contributed by atoms with Crippen molar-refractivity contribution in [3.05, 3.63) is 77.8 Å². The highest BCUT2D eigenvalue weighted by Gasteiger charge is 2.17. The van der Waals surface area contributed by atoms with Crippen molar-refractivity contribution in [3.63, 3.8) is 0 Å². The maximum absolute atomic E-state index is 14.8. The molecule has 0 aliphatic heterocycles. The second-order valence-electron chi connectivity index (χ2n) is 7.60. The summed E-state index contributed by atoms with van der Waals surface area (Å²) in [5.74, 6) is -0.0216. The molecule has 0 bridgehead atoms. The molecule has 0 amide bonds. The minimum absolute atomic E-state index is 0.103. The van der Waals surface area contributed by atoms with Gasteiger partial charge in [-0.3, -0.25) is 0 Å². The number of aromatic nitrogens is 2. The number of rotatable bonds is 9. The first-order valence-electron chi connectivity index (χ1n) is 10.5. The lowest BCUT2D eigenvalue weighted by atomic mass is 10.1. The van der Waals surface area contributed by atoms with E-state index in [2.05, 4.69) is 14.7 Å². The zero-order valence-corrected chi connectivity index (χ0v) is 21.0. The van der Waals surface area contributed by atoms with Gasteiger partial charge in [-0.1, -0.05) is 29.8 Å². The molecular weight excluding hydrogens is 513 g/mol. The van der Waals surface area contributed by atoms with Crippen LogP contribution >= 0.6 is 11.6 Å². The lowest BCUT2D eigenvalue weighted by Gasteiger charge is -2.11. The van der Waals surface area contributed by atoms with Crippen LogP contribution in [0.2, 0.25) is 5.02 Å². The molecule has 0 aliphatic carbocycles. The van der Waals surface area contributed by atoms with Crippen molar-refractivity contribution in [1.29, 1.82) is 0 Å². The summed E-state index contributed by atoms with van der Waals surface area (Å²) >= 11 is 6.23. The molecule has 7 nitrogen and oxygen atoms in total. The normalized spacial score (nSPS) is 12.5. The number of ether oxygens (including phenoxy) is 1. The molecule has 4 rings (SSSR count). The summed E-state index contributed by atoms with van der Waals surface area (Å²) in [6.07, 6.45) is 3.11. The highest BCUT2D eigenvalue weighted by molar-refractivity contribution is 7.91. The number of para-hydroxylation sites is 1. The highest BCUT2D eigenvalue weighted by atomic mass is 35.5. The van der Waals surface area contributed by atoms with E-state index in [0.717, 1.165) is 0 Å². The Bertz CT molecular complexity index is 1520. The zero-order chi connectivity index (χ0) is 25.0. The van der Waals surface area contributed by atoms with Crippen LogP contribution in [0.15, 0.2) is 71.9 Å². The van der Waals surface area contributed by atoms with Gasteiger partial charge in [-0.25, -0.2) is 31.7 Å². The maximum Gasteiger partial charge on any atom is 0.178 e. The second-order valence-corrected chi connectivity index (χ2v) is 11.3. The molecule has 182 valence electrons. The predicted molar refractivity (Wildman–Crippen MR) is 135 cm³/mol. The van der Waals surface area contributed by atoms with E-state index >= 15 is 0 Å². The molecule has 1 N–H and O–H groups in total. The van der Waals surface area contributed by atoms with Gasteiger partial charge in [-0.15, -0.1) is 0 Å². The molecular formula is C24H21ClFN3O4S2. The first-order chi connectivity index (χ1) is 16.7. The smallest absolute Gasteiger partial charge is 0.178 e. The van der Waals surface area contributed by atoms with E-state index in [9.17, 15) is 17.0 Å². The molecule has 11 heteroatoms. The van der Waals surface area contributed by atoms with Crippen LogP contribution in [0.5, 0.6) is 11.5 Å². The lowest BCUT2D eigenvalue weighted by Crippen LogP contribution is -2.20. The van der Waals surface area contributed by atoms with Gasteiger partial charge in [0.1, 0.15) is 23.6 Å². The number of fused-ring (bicyclic) bond motifs is 1. The number of nitrogens with one attached hydrogen (secondary N) is 1. The second kappa shape index (κ2) is 10.8. The fourth-order valence-corrected chi connectivity index (χ4v) is 5.48. The Kier molecular flexibility index (Phi) is 7.75. The Balaban J connectivity index is 1.60. The molecule has 4 aromatic rings. The van der Waals surface area contributed by atoms with E-state index in [1.54, 1.807) is 30.3 Å². The van der Waals surface area contributed by atoms with Crippen molar-refractivity contribution in [2.75, 3.05) is 18.6 Å². The van der Waals surface area contributed by atoms with Crippen LogP contribution in [0.25, 0.3) is 22.2 Å². The SMILES string of the molecule is CS(=O)NCCCS(=O)(=O)c1cccc(Oc2ccc(F)c(-c3ncnc4c(Cl)cccc34)c2)c1. The van der Waals surface area contributed by atoms with Gasteiger partial charge in [-0.2, -0.15) is 0 Å². The topological polar surface area (TPSA) is 98.2 Å². The van der Waals surface area contributed by atoms with E-state index in [4.69, 9.17) is 16.3 Å². The monoisotopic (exact) mass is 533 g/mol. The molecule has 1 unspecified atom stereocenters. The minimum atomic E-state index is -3.57. The van der Waals surface area contributed by atoms with Gasteiger partial charge < -0.3 is 4.74 Å². The molecule has 0 saturated carbocycles. The van der Waals surface area contributed by atoms with Gasteiger partial charge in [0, 0.05) is 23.8 Å². The van der Waals surface area contributed by atoms with Gasteiger partial charge in [0.15, 0.2) is 9.84 Å². The molecule has 1 heterocycles. The average molecular weight is 534 g/mol. The third-order valence-corrected chi connectivity index (χ3v) is 7.82. The largest absolute Gasteiger partial charge is 0.457 e. The van der Waals surface area contributed by atoms with E-state index in [1.165, 1.54) is 42.9 Å². The number of sulfone groups is 1. The summed E-state index contributed by atoms with van der Waals surface area (Å²) in [6.45, 7) is 0.319. The maximum atomic E-state index is 14.8. The molecule has 1 aromatic heterocycles. The van der Waals surface area contributed by atoms with E-state index < -0.39 is 26.6 Å². The van der Waals surface area contributed by atoms with Gasteiger partial charge in [-0.05, 0) is 48.9 Å². The van der Waals surface area contributed by atoms with Gasteiger partial charge in [0.25, 0.3) is 0 Å². The Labute approximate surface area is 209 Å². The summed E-state index contributed by atoms with van der Waals surface area (Å²) in [6, 6.07) is 15.5. The van der Waals surface area contributed by atoms with Crippen LogP contribution in [0.1, 0.15) is 6.42 Å². The molecule has 1 atom stereocenters. The number of hydrogen-bond donors (Lipinski definition) is 1. The van der Waals surface area contributed by atoms with E-state index in [0.29, 0.717) is 40.3 Å². The van der Waals surface area contributed by atoms with Crippen molar-refractivity contribution in [2.45, 2.75) is 11.3 Å². The minimum Gasteiger partial charge on any atom is -0.457 e. The van der Waals surface area contributed by atoms with Crippen molar-refractivity contribution in [1.82, 2.24) is 14.7 Å². The van der Waals surface area contributed by atoms with Crippen LogP contribution in [-0.4, -0.2) is 41.1 Å². The molecule has 0 aliphatic rings. The Hall–Kier alpha value is -2.92. The van der Waals surface area contributed by atoms with Gasteiger partial charge in [0.05, 0.1) is 37.9 Å². The summed E-state index contributed by atoms with van der Waals surface area (Å²) in [5.41, 5.74) is 1.06. The van der Waals surface area contributed by atoms with Crippen molar-refractivity contribution < 1.29 is 21.8 Å². The summed E-state index contributed by atoms with van der Waals surface area (Å²) < 4.78 is 59.8. The Morgan fingerprint density at radius 1 is 1.06 bits per heavy atom. The van der Waals surface area contributed by atoms with Crippen LogP contribution in [0.4, 0.5) is 4.39 Å². The van der Waals surface area contributed by atoms with Crippen molar-refractivity contribution >= 4 is 43.3 Å². The van der Waals surface area contributed by atoms with Crippen LogP contribution in [0, 0.1) is 5.82 Å². The van der Waals surface area contributed by atoms with Crippen LogP contribution < -0.4 is 9.46 Å². The molecule has 35 heavy (non-hydrogen) atoms. The highest BCUT2D eigenvalue weighted by Crippen LogP contribution is 2.34. The summed E-state index contributed by atoms with van der Waals surface area (Å²) in [7, 11) is -4.77. The third-order valence-electron chi connectivity index (χ3n) is 5.10. The fraction of sp³-hybridized carbons (Fsp3) is 0.167.